The first-order valence-electron chi connectivity index (χ1n) is 8.38. The van der Waals surface area contributed by atoms with Crippen LogP contribution in [0.15, 0.2) is 36.5 Å². The van der Waals surface area contributed by atoms with Crippen molar-refractivity contribution in [1.82, 2.24) is 24.6 Å². The van der Waals surface area contributed by atoms with E-state index in [1.54, 1.807) is 35.0 Å². The Hall–Kier alpha value is -2.78. The quantitative estimate of drug-likeness (QED) is 0.664. The van der Waals surface area contributed by atoms with Crippen LogP contribution in [0.5, 0.6) is 0 Å². The van der Waals surface area contributed by atoms with Gasteiger partial charge in [0.05, 0.1) is 22.7 Å². The van der Waals surface area contributed by atoms with Crippen LogP contribution < -0.4 is 10.0 Å². The van der Waals surface area contributed by atoms with Gasteiger partial charge < -0.3 is 5.32 Å². The third-order valence-electron chi connectivity index (χ3n) is 4.23. The topological polar surface area (TPSA) is 105 Å². The van der Waals surface area contributed by atoms with E-state index in [2.05, 4.69) is 20.1 Å². The van der Waals surface area contributed by atoms with Gasteiger partial charge in [0.25, 0.3) is 5.91 Å². The second kappa shape index (κ2) is 7.45. The van der Waals surface area contributed by atoms with Gasteiger partial charge in [-0.2, -0.15) is 5.10 Å². The molecular weight excluding hydrogens is 366 g/mol. The number of hydrogen-bond donors (Lipinski definition) is 2. The molecule has 1 amide bonds. The van der Waals surface area contributed by atoms with Crippen molar-refractivity contribution >= 4 is 21.6 Å². The molecule has 0 aliphatic heterocycles. The summed E-state index contributed by atoms with van der Waals surface area (Å²) in [7, 11) is -1.92. The van der Waals surface area contributed by atoms with Gasteiger partial charge in [0, 0.05) is 18.8 Å². The van der Waals surface area contributed by atoms with Crippen molar-refractivity contribution in [3.05, 3.63) is 64.6 Å². The largest absolute Gasteiger partial charge is 0.348 e. The second-order valence-electron chi connectivity index (χ2n) is 6.28. The molecule has 2 heterocycles. The van der Waals surface area contributed by atoms with Crippen molar-refractivity contribution in [1.29, 1.82) is 0 Å². The molecule has 9 heteroatoms. The zero-order valence-corrected chi connectivity index (χ0v) is 16.2. The van der Waals surface area contributed by atoms with Crippen LogP contribution in [0, 0.1) is 13.8 Å². The molecular formula is C18H21N5O3S. The fourth-order valence-electron chi connectivity index (χ4n) is 2.71. The van der Waals surface area contributed by atoms with Crippen LogP contribution in [0.2, 0.25) is 0 Å². The zero-order valence-electron chi connectivity index (χ0n) is 15.4. The van der Waals surface area contributed by atoms with Crippen LogP contribution in [-0.4, -0.2) is 36.0 Å². The van der Waals surface area contributed by atoms with E-state index < -0.39 is 10.0 Å². The molecule has 3 rings (SSSR count). The molecule has 8 nitrogen and oxygen atoms in total. The van der Waals surface area contributed by atoms with E-state index in [0.717, 1.165) is 17.0 Å². The van der Waals surface area contributed by atoms with Gasteiger partial charge in [-0.05, 0) is 32.0 Å². The maximum Gasteiger partial charge on any atom is 0.254 e. The standard InChI is InChI=1S/C18H21N5O3S/c1-12-8-17-20-10-16(13(2)23(17)22-12)18(24)21-9-14-4-6-15(7-5-14)11-27(25,26)19-3/h4-8,10,19H,9,11H2,1-3H3,(H,21,24). The Labute approximate surface area is 157 Å². The Morgan fingerprint density at radius 2 is 1.81 bits per heavy atom. The fourth-order valence-corrected chi connectivity index (χ4v) is 3.48. The molecule has 2 aromatic heterocycles. The first kappa shape index (κ1) is 19.0. The average Bonchev–Trinajstić information content (AvgIpc) is 3.02. The number of carbonyl (C=O) groups excluding carboxylic acids is 1. The lowest BCUT2D eigenvalue weighted by Crippen LogP contribution is -2.25. The molecule has 27 heavy (non-hydrogen) atoms. The Morgan fingerprint density at radius 3 is 2.48 bits per heavy atom. The Morgan fingerprint density at radius 1 is 1.15 bits per heavy atom. The summed E-state index contributed by atoms with van der Waals surface area (Å²) in [5.41, 5.74) is 4.27. The number of rotatable bonds is 6. The van der Waals surface area contributed by atoms with Crippen molar-refractivity contribution in [3.63, 3.8) is 0 Å². The minimum Gasteiger partial charge on any atom is -0.348 e. The van der Waals surface area contributed by atoms with Gasteiger partial charge >= 0.3 is 0 Å². The monoisotopic (exact) mass is 387 g/mol. The molecule has 0 atom stereocenters. The van der Waals surface area contributed by atoms with Crippen LogP contribution in [0.25, 0.3) is 5.65 Å². The number of fused-ring (bicyclic) bond motifs is 1. The Bertz CT molecular complexity index is 1090. The van der Waals surface area contributed by atoms with E-state index in [9.17, 15) is 13.2 Å². The summed E-state index contributed by atoms with van der Waals surface area (Å²) in [5, 5.41) is 7.20. The number of aromatic nitrogens is 3. The number of benzene rings is 1. The van der Waals surface area contributed by atoms with Crippen molar-refractivity contribution in [2.24, 2.45) is 0 Å². The molecule has 0 saturated carbocycles. The highest BCUT2D eigenvalue weighted by atomic mass is 32.2. The summed E-state index contributed by atoms with van der Waals surface area (Å²) >= 11 is 0. The highest BCUT2D eigenvalue weighted by Crippen LogP contribution is 2.12. The third-order valence-corrected chi connectivity index (χ3v) is 5.57. The lowest BCUT2D eigenvalue weighted by Gasteiger charge is -2.09. The van der Waals surface area contributed by atoms with Crippen molar-refractivity contribution in [2.45, 2.75) is 26.1 Å². The van der Waals surface area contributed by atoms with Gasteiger partial charge in [-0.25, -0.2) is 22.6 Å². The number of amides is 1. The van der Waals surface area contributed by atoms with E-state index in [1.807, 2.05) is 19.9 Å². The number of aryl methyl sites for hydroxylation is 2. The van der Waals surface area contributed by atoms with Crippen molar-refractivity contribution in [3.8, 4) is 0 Å². The maximum absolute atomic E-state index is 12.5. The molecule has 0 bridgehead atoms. The lowest BCUT2D eigenvalue weighted by molar-refractivity contribution is 0.0949. The number of nitrogens with one attached hydrogen (secondary N) is 2. The Balaban J connectivity index is 1.68. The molecule has 0 spiro atoms. The molecule has 0 radical (unpaired) electrons. The smallest absolute Gasteiger partial charge is 0.254 e. The van der Waals surface area contributed by atoms with E-state index in [-0.39, 0.29) is 11.7 Å². The predicted molar refractivity (Wildman–Crippen MR) is 102 cm³/mol. The van der Waals surface area contributed by atoms with E-state index >= 15 is 0 Å². The summed E-state index contributed by atoms with van der Waals surface area (Å²) in [6.07, 6.45) is 1.55. The van der Waals surface area contributed by atoms with Crippen molar-refractivity contribution < 1.29 is 13.2 Å². The first-order valence-corrected chi connectivity index (χ1v) is 10.0. The zero-order chi connectivity index (χ0) is 19.6. The molecule has 0 fully saturated rings. The number of carbonyl (C=O) groups is 1. The average molecular weight is 387 g/mol. The number of nitrogens with zero attached hydrogens (tertiary/aromatic N) is 3. The summed E-state index contributed by atoms with van der Waals surface area (Å²) in [6.45, 7) is 4.03. The summed E-state index contributed by atoms with van der Waals surface area (Å²) in [4.78, 5) is 16.8. The second-order valence-corrected chi connectivity index (χ2v) is 8.20. The molecule has 0 aliphatic carbocycles. The van der Waals surface area contributed by atoms with Gasteiger partial charge in [0.1, 0.15) is 0 Å². The minimum atomic E-state index is -3.30. The van der Waals surface area contributed by atoms with Gasteiger partial charge in [0.2, 0.25) is 10.0 Å². The van der Waals surface area contributed by atoms with Gasteiger partial charge in [-0.1, -0.05) is 24.3 Å². The molecule has 0 unspecified atom stereocenters. The molecule has 0 aliphatic rings. The minimum absolute atomic E-state index is 0.0791. The molecule has 142 valence electrons. The van der Waals surface area contributed by atoms with Gasteiger partial charge in [-0.15, -0.1) is 0 Å². The third kappa shape index (κ3) is 4.32. The lowest BCUT2D eigenvalue weighted by atomic mass is 10.1. The van der Waals surface area contributed by atoms with Gasteiger partial charge in [0.15, 0.2) is 5.65 Å². The summed E-state index contributed by atoms with van der Waals surface area (Å²) < 4.78 is 27.1. The fraction of sp³-hybridized carbons (Fsp3) is 0.278. The number of sulfonamides is 1. The number of hydrogen-bond acceptors (Lipinski definition) is 5. The van der Waals surface area contributed by atoms with Crippen LogP contribution in [0.3, 0.4) is 0 Å². The van der Waals surface area contributed by atoms with Crippen LogP contribution >= 0.6 is 0 Å². The molecule has 2 N–H and O–H groups in total. The summed E-state index contributed by atoms with van der Waals surface area (Å²) in [6, 6.07) is 8.92. The summed E-state index contributed by atoms with van der Waals surface area (Å²) in [5.74, 6) is -0.318. The highest BCUT2D eigenvalue weighted by Gasteiger charge is 2.14. The SMILES string of the molecule is CNS(=O)(=O)Cc1ccc(CNC(=O)c2cnc3cc(C)nn3c2C)cc1. The first-order chi connectivity index (χ1) is 12.8. The normalized spacial score (nSPS) is 11.7. The molecule has 0 saturated heterocycles. The maximum atomic E-state index is 12.5. The molecule has 1 aromatic carbocycles. The van der Waals surface area contributed by atoms with Crippen molar-refractivity contribution in [2.75, 3.05) is 7.05 Å². The van der Waals surface area contributed by atoms with E-state index in [4.69, 9.17) is 0 Å². The van der Waals surface area contributed by atoms with Gasteiger partial charge in [-0.3, -0.25) is 4.79 Å². The van der Waals surface area contributed by atoms with E-state index in [0.29, 0.717) is 23.3 Å². The van der Waals surface area contributed by atoms with Crippen LogP contribution in [0.4, 0.5) is 0 Å². The molecule has 3 aromatic rings. The van der Waals surface area contributed by atoms with E-state index in [1.165, 1.54) is 7.05 Å². The van der Waals surface area contributed by atoms with Crippen LogP contribution in [0.1, 0.15) is 32.9 Å². The predicted octanol–water partition coefficient (Wildman–Crippen LogP) is 1.33. The highest BCUT2D eigenvalue weighted by molar-refractivity contribution is 7.88. The Kier molecular flexibility index (Phi) is 5.24. The van der Waals surface area contributed by atoms with Crippen LogP contribution in [-0.2, 0) is 22.3 Å².